The molecule has 1 aromatic rings. The maximum absolute atomic E-state index is 10.6. The first-order valence-corrected chi connectivity index (χ1v) is 6.16. The number of hydrogen-bond acceptors (Lipinski definition) is 1. The van der Waals surface area contributed by atoms with Crippen molar-refractivity contribution in [1.82, 2.24) is 0 Å². The van der Waals surface area contributed by atoms with Gasteiger partial charge in [0.1, 0.15) is 5.60 Å². The molecule has 1 atom stereocenters. The molecule has 1 aromatic carbocycles. The fourth-order valence-corrected chi connectivity index (χ4v) is 2.37. The van der Waals surface area contributed by atoms with E-state index < -0.39 is 5.60 Å². The van der Waals surface area contributed by atoms with Crippen molar-refractivity contribution < 1.29 is 5.11 Å². The van der Waals surface area contributed by atoms with Crippen LogP contribution in [0.1, 0.15) is 38.2 Å². The van der Waals surface area contributed by atoms with Crippen LogP contribution in [-0.4, -0.2) is 5.11 Å². The Morgan fingerprint density at radius 2 is 1.88 bits per heavy atom. The van der Waals surface area contributed by atoms with E-state index in [1.807, 2.05) is 31.2 Å². The molecule has 0 amide bonds. The summed E-state index contributed by atoms with van der Waals surface area (Å²) in [5.41, 5.74) is 1.22. The van der Waals surface area contributed by atoms with Gasteiger partial charge in [0.05, 0.1) is 0 Å². The van der Waals surface area contributed by atoms with Crippen molar-refractivity contribution in [2.45, 2.75) is 38.2 Å². The van der Waals surface area contributed by atoms with E-state index >= 15 is 0 Å². The van der Waals surface area contributed by atoms with Crippen molar-refractivity contribution in [3.63, 3.8) is 0 Å². The number of allylic oxidation sites excluding steroid dienone is 1. The highest BCUT2D eigenvalue weighted by atomic mass is 35.5. The molecular weight excluding hydrogens is 220 g/mol. The molecule has 16 heavy (non-hydrogen) atoms. The van der Waals surface area contributed by atoms with Crippen LogP contribution < -0.4 is 0 Å². The zero-order valence-electron chi connectivity index (χ0n) is 9.54. The Morgan fingerprint density at radius 3 is 2.44 bits per heavy atom. The summed E-state index contributed by atoms with van der Waals surface area (Å²) in [6.45, 7) is 1.87. The van der Waals surface area contributed by atoms with Gasteiger partial charge >= 0.3 is 0 Å². The third-order valence-corrected chi connectivity index (χ3v) is 3.57. The molecule has 1 aliphatic carbocycles. The molecule has 0 spiro atoms. The standard InChI is InChI=1S/C14H17ClO/c1-14(16,11-5-3-2-4-6-11)12-7-9-13(15)10-8-12/h5,7-10,16H,2-4,6H2,1H3. The summed E-state index contributed by atoms with van der Waals surface area (Å²) in [5.74, 6) is 0. The predicted octanol–water partition coefficient (Wildman–Crippen LogP) is 4.05. The van der Waals surface area contributed by atoms with Crippen molar-refractivity contribution in [1.29, 1.82) is 0 Å². The third kappa shape index (κ3) is 2.31. The van der Waals surface area contributed by atoms with E-state index in [9.17, 15) is 5.11 Å². The Kier molecular flexibility index (Phi) is 3.36. The van der Waals surface area contributed by atoms with Crippen LogP contribution in [0, 0.1) is 0 Å². The molecule has 0 aromatic heterocycles. The topological polar surface area (TPSA) is 20.2 Å². The zero-order valence-corrected chi connectivity index (χ0v) is 10.3. The fourth-order valence-electron chi connectivity index (χ4n) is 2.24. The SMILES string of the molecule is CC(O)(C1=CCCCC1)c1ccc(Cl)cc1. The monoisotopic (exact) mass is 236 g/mol. The van der Waals surface area contributed by atoms with Crippen LogP contribution in [-0.2, 0) is 5.60 Å². The molecule has 1 N–H and O–H groups in total. The van der Waals surface area contributed by atoms with Crippen molar-refractivity contribution in [2.75, 3.05) is 0 Å². The van der Waals surface area contributed by atoms with E-state index in [1.54, 1.807) is 0 Å². The first-order chi connectivity index (χ1) is 7.60. The maximum Gasteiger partial charge on any atom is 0.108 e. The molecular formula is C14H17ClO. The van der Waals surface area contributed by atoms with Gasteiger partial charge in [-0.1, -0.05) is 29.8 Å². The van der Waals surface area contributed by atoms with Gasteiger partial charge in [-0.2, -0.15) is 0 Å². The molecule has 86 valence electrons. The lowest BCUT2D eigenvalue weighted by molar-refractivity contribution is 0.0915. The number of rotatable bonds is 2. The minimum Gasteiger partial charge on any atom is -0.381 e. The molecule has 1 nitrogen and oxygen atoms in total. The zero-order chi connectivity index (χ0) is 11.6. The second-order valence-electron chi connectivity index (χ2n) is 4.55. The second-order valence-corrected chi connectivity index (χ2v) is 4.99. The molecule has 0 saturated heterocycles. The van der Waals surface area contributed by atoms with Crippen LogP contribution in [0.15, 0.2) is 35.9 Å². The molecule has 1 unspecified atom stereocenters. The van der Waals surface area contributed by atoms with Crippen molar-refractivity contribution in [3.8, 4) is 0 Å². The summed E-state index contributed by atoms with van der Waals surface area (Å²) < 4.78 is 0. The average molecular weight is 237 g/mol. The second kappa shape index (κ2) is 4.60. The first-order valence-electron chi connectivity index (χ1n) is 5.78. The summed E-state index contributed by atoms with van der Waals surface area (Å²) >= 11 is 5.85. The summed E-state index contributed by atoms with van der Waals surface area (Å²) in [5, 5.41) is 11.3. The lowest BCUT2D eigenvalue weighted by Gasteiger charge is -2.29. The van der Waals surface area contributed by atoms with E-state index in [1.165, 1.54) is 12.8 Å². The molecule has 0 aliphatic heterocycles. The quantitative estimate of drug-likeness (QED) is 0.769. The lowest BCUT2D eigenvalue weighted by atomic mass is 9.82. The van der Waals surface area contributed by atoms with Gasteiger partial charge in [-0.3, -0.25) is 0 Å². The number of halogens is 1. The Morgan fingerprint density at radius 1 is 1.19 bits per heavy atom. The largest absolute Gasteiger partial charge is 0.381 e. The molecule has 2 heteroatoms. The van der Waals surface area contributed by atoms with Gasteiger partial charge < -0.3 is 5.11 Å². The van der Waals surface area contributed by atoms with Crippen LogP contribution in [0.5, 0.6) is 0 Å². The Bertz CT molecular complexity index is 390. The molecule has 0 heterocycles. The number of benzene rings is 1. The fraction of sp³-hybridized carbons (Fsp3) is 0.429. The van der Waals surface area contributed by atoms with E-state index in [2.05, 4.69) is 6.08 Å². The molecule has 2 rings (SSSR count). The van der Waals surface area contributed by atoms with Gasteiger partial charge in [0.15, 0.2) is 0 Å². The smallest absolute Gasteiger partial charge is 0.108 e. The molecule has 0 saturated carbocycles. The first kappa shape index (κ1) is 11.7. The Labute approximate surface area is 102 Å². The van der Waals surface area contributed by atoms with Gasteiger partial charge in [-0.25, -0.2) is 0 Å². The van der Waals surface area contributed by atoms with Crippen LogP contribution >= 0.6 is 11.6 Å². The molecule has 0 radical (unpaired) electrons. The molecule has 0 bridgehead atoms. The molecule has 1 aliphatic rings. The van der Waals surface area contributed by atoms with Crippen LogP contribution in [0.25, 0.3) is 0 Å². The van der Waals surface area contributed by atoms with Gasteiger partial charge in [0, 0.05) is 5.02 Å². The highest BCUT2D eigenvalue weighted by Crippen LogP contribution is 2.35. The number of hydrogen-bond donors (Lipinski definition) is 1. The highest BCUT2D eigenvalue weighted by molar-refractivity contribution is 6.30. The third-order valence-electron chi connectivity index (χ3n) is 3.32. The molecule has 0 fully saturated rings. The Balaban J connectivity index is 2.30. The lowest BCUT2D eigenvalue weighted by Crippen LogP contribution is -2.25. The van der Waals surface area contributed by atoms with Gasteiger partial charge in [-0.05, 0) is 55.9 Å². The van der Waals surface area contributed by atoms with Gasteiger partial charge in [0.25, 0.3) is 0 Å². The van der Waals surface area contributed by atoms with Gasteiger partial charge in [0.2, 0.25) is 0 Å². The summed E-state index contributed by atoms with van der Waals surface area (Å²) in [7, 11) is 0. The summed E-state index contributed by atoms with van der Waals surface area (Å²) in [4.78, 5) is 0. The van der Waals surface area contributed by atoms with Crippen molar-refractivity contribution in [3.05, 3.63) is 46.5 Å². The van der Waals surface area contributed by atoms with E-state index in [0.717, 1.165) is 24.0 Å². The normalized spacial score (nSPS) is 20.1. The highest BCUT2D eigenvalue weighted by Gasteiger charge is 2.28. The Hall–Kier alpha value is -0.790. The maximum atomic E-state index is 10.6. The minimum atomic E-state index is -0.842. The van der Waals surface area contributed by atoms with E-state index in [0.29, 0.717) is 5.02 Å². The van der Waals surface area contributed by atoms with E-state index in [-0.39, 0.29) is 0 Å². The van der Waals surface area contributed by atoms with Crippen molar-refractivity contribution >= 4 is 11.6 Å². The van der Waals surface area contributed by atoms with Crippen LogP contribution in [0.4, 0.5) is 0 Å². The predicted molar refractivity (Wildman–Crippen MR) is 67.6 cm³/mol. The minimum absolute atomic E-state index is 0.706. The average Bonchev–Trinajstić information content (AvgIpc) is 2.31. The van der Waals surface area contributed by atoms with Crippen molar-refractivity contribution in [2.24, 2.45) is 0 Å². The van der Waals surface area contributed by atoms with Crippen LogP contribution in [0.3, 0.4) is 0 Å². The number of aliphatic hydroxyl groups is 1. The van der Waals surface area contributed by atoms with Gasteiger partial charge in [-0.15, -0.1) is 0 Å². The van der Waals surface area contributed by atoms with E-state index in [4.69, 9.17) is 11.6 Å². The van der Waals surface area contributed by atoms with Crippen LogP contribution in [0.2, 0.25) is 5.02 Å². The summed E-state index contributed by atoms with van der Waals surface area (Å²) in [6, 6.07) is 7.46. The summed E-state index contributed by atoms with van der Waals surface area (Å²) in [6.07, 6.45) is 6.67.